The van der Waals surface area contributed by atoms with Crippen LogP contribution in [0, 0.1) is 0 Å². The average molecular weight is 244 g/mol. The number of unbranched alkanes of at least 4 members (excludes halogenated alkanes) is 1. The first-order valence-corrected chi connectivity index (χ1v) is 6.35. The number of Topliss-reactive ketones (excluding diaryl/α,β-unsaturated/α-hetero) is 1. The smallest absolute Gasteiger partial charge is 0.164 e. The van der Waals surface area contributed by atoms with Crippen LogP contribution in [-0.4, -0.2) is 5.78 Å². The fourth-order valence-electron chi connectivity index (χ4n) is 2.00. The van der Waals surface area contributed by atoms with Crippen LogP contribution < -0.4 is 0 Å². The van der Waals surface area contributed by atoms with Crippen molar-refractivity contribution in [1.82, 2.24) is 0 Å². The van der Waals surface area contributed by atoms with E-state index in [0.717, 1.165) is 40.0 Å². The summed E-state index contributed by atoms with van der Waals surface area (Å²) < 4.78 is 0. The van der Waals surface area contributed by atoms with Crippen LogP contribution in [0.5, 0.6) is 0 Å². The van der Waals surface area contributed by atoms with E-state index >= 15 is 0 Å². The minimum absolute atomic E-state index is 0.180. The molecule has 0 saturated carbocycles. The Bertz CT molecular complexity index is 512. The molecule has 0 N–H and O–H groups in total. The zero-order chi connectivity index (χ0) is 12.4. The molecule has 2 rings (SSSR count). The maximum atomic E-state index is 12.0. The number of carbonyl (C=O) groups is 1. The normalized spacial score (nSPS) is 12.9. The van der Waals surface area contributed by atoms with E-state index in [0.29, 0.717) is 6.42 Å². The van der Waals surface area contributed by atoms with Gasteiger partial charge in [0.25, 0.3) is 0 Å². The Balaban J connectivity index is 2.34. The predicted octanol–water partition coefficient (Wildman–Crippen LogP) is 4.39. The van der Waals surface area contributed by atoms with Crippen LogP contribution in [0.1, 0.15) is 47.7 Å². The van der Waals surface area contributed by atoms with E-state index in [-0.39, 0.29) is 5.78 Å². The molecule has 0 atom stereocenters. The molecule has 17 heavy (non-hydrogen) atoms. The van der Waals surface area contributed by atoms with Crippen LogP contribution in [0.4, 0.5) is 0 Å². The lowest BCUT2D eigenvalue weighted by Gasteiger charge is -2.08. The molecule has 0 heterocycles. The molecule has 1 aliphatic rings. The van der Waals surface area contributed by atoms with E-state index < -0.39 is 0 Å². The minimum Gasteiger partial charge on any atom is -0.294 e. The van der Waals surface area contributed by atoms with Crippen molar-refractivity contribution in [2.45, 2.75) is 31.1 Å². The molecule has 0 spiro atoms. The van der Waals surface area contributed by atoms with Crippen molar-refractivity contribution >= 4 is 30.1 Å². The third-order valence-electron chi connectivity index (χ3n) is 3.04. The standard InChI is InChI=1S/C15H16OS/c1-3-4-5-14(16)13-9-12-10(2)6-7-11(12)8-15(13)17/h6-9,17H,2-5H2,1H3. The third-order valence-corrected chi connectivity index (χ3v) is 3.41. The first-order valence-electron chi connectivity index (χ1n) is 5.91. The van der Waals surface area contributed by atoms with Crippen molar-refractivity contribution in [3.05, 3.63) is 41.5 Å². The first-order chi connectivity index (χ1) is 8.13. The van der Waals surface area contributed by atoms with Gasteiger partial charge in [-0.2, -0.15) is 0 Å². The SMILES string of the molecule is C=C1C=Cc2cc(S)c(C(=O)CCCC)cc21. The van der Waals surface area contributed by atoms with Crippen molar-refractivity contribution in [2.75, 3.05) is 0 Å². The summed E-state index contributed by atoms with van der Waals surface area (Å²) in [5.74, 6) is 0.180. The highest BCUT2D eigenvalue weighted by molar-refractivity contribution is 7.80. The minimum atomic E-state index is 0.180. The Morgan fingerprint density at radius 1 is 1.35 bits per heavy atom. The van der Waals surface area contributed by atoms with Gasteiger partial charge in [-0.3, -0.25) is 4.79 Å². The summed E-state index contributed by atoms with van der Waals surface area (Å²) in [5, 5.41) is 0. The number of hydrogen-bond donors (Lipinski definition) is 1. The van der Waals surface area contributed by atoms with Gasteiger partial charge in [0.05, 0.1) is 0 Å². The van der Waals surface area contributed by atoms with Gasteiger partial charge in [0.1, 0.15) is 0 Å². The van der Waals surface area contributed by atoms with E-state index in [1.165, 1.54) is 0 Å². The number of allylic oxidation sites excluding steroid dienone is 2. The number of ketones is 1. The molecular formula is C15H16OS. The van der Waals surface area contributed by atoms with Crippen LogP contribution in [0.2, 0.25) is 0 Å². The molecular weight excluding hydrogens is 228 g/mol. The molecule has 0 amide bonds. The molecule has 88 valence electrons. The summed E-state index contributed by atoms with van der Waals surface area (Å²) in [6, 6.07) is 3.88. The van der Waals surface area contributed by atoms with E-state index in [4.69, 9.17) is 0 Å². The van der Waals surface area contributed by atoms with Crippen LogP contribution in [0.25, 0.3) is 11.6 Å². The van der Waals surface area contributed by atoms with Gasteiger partial charge in [-0.15, -0.1) is 12.6 Å². The maximum Gasteiger partial charge on any atom is 0.164 e. The Hall–Kier alpha value is -1.28. The Kier molecular flexibility index (Phi) is 3.53. The van der Waals surface area contributed by atoms with E-state index in [2.05, 4.69) is 26.1 Å². The summed E-state index contributed by atoms with van der Waals surface area (Å²) in [6.07, 6.45) is 6.55. The number of rotatable bonds is 4. The van der Waals surface area contributed by atoms with Gasteiger partial charge in [-0.25, -0.2) is 0 Å². The summed E-state index contributed by atoms with van der Waals surface area (Å²) >= 11 is 4.40. The quantitative estimate of drug-likeness (QED) is 0.614. The molecule has 1 nitrogen and oxygen atoms in total. The molecule has 0 aromatic heterocycles. The highest BCUT2D eigenvalue weighted by Crippen LogP contribution is 2.32. The van der Waals surface area contributed by atoms with E-state index in [1.54, 1.807) is 0 Å². The van der Waals surface area contributed by atoms with Crippen molar-refractivity contribution in [3.8, 4) is 0 Å². The number of carbonyl (C=O) groups excluding carboxylic acids is 1. The van der Waals surface area contributed by atoms with Gasteiger partial charge in [0.2, 0.25) is 0 Å². The monoisotopic (exact) mass is 244 g/mol. The van der Waals surface area contributed by atoms with Crippen molar-refractivity contribution in [3.63, 3.8) is 0 Å². The van der Waals surface area contributed by atoms with Crippen molar-refractivity contribution < 1.29 is 4.79 Å². The Morgan fingerprint density at radius 2 is 2.12 bits per heavy atom. The topological polar surface area (TPSA) is 17.1 Å². The number of benzene rings is 1. The van der Waals surface area contributed by atoms with Gasteiger partial charge in [-0.05, 0) is 35.3 Å². The molecule has 0 saturated heterocycles. The second-order valence-corrected chi connectivity index (χ2v) is 4.82. The Morgan fingerprint density at radius 3 is 2.82 bits per heavy atom. The molecule has 1 aromatic rings. The summed E-state index contributed by atoms with van der Waals surface area (Å²) in [7, 11) is 0. The molecule has 1 aliphatic carbocycles. The summed E-state index contributed by atoms with van der Waals surface area (Å²) in [5.41, 5.74) is 3.86. The molecule has 0 unspecified atom stereocenters. The van der Waals surface area contributed by atoms with Crippen molar-refractivity contribution in [1.29, 1.82) is 0 Å². The molecule has 0 radical (unpaired) electrons. The molecule has 2 heteroatoms. The summed E-state index contributed by atoms with van der Waals surface area (Å²) in [6.45, 7) is 6.05. The van der Waals surface area contributed by atoms with E-state index in [1.807, 2.05) is 24.3 Å². The average Bonchev–Trinajstić information content (AvgIpc) is 2.66. The first kappa shape index (κ1) is 12.2. The Labute approximate surface area is 108 Å². The van der Waals surface area contributed by atoms with Gasteiger partial charge in [-0.1, -0.05) is 32.1 Å². The fourth-order valence-corrected chi connectivity index (χ4v) is 2.32. The second-order valence-electron chi connectivity index (χ2n) is 4.34. The van der Waals surface area contributed by atoms with E-state index in [9.17, 15) is 4.79 Å². The summed E-state index contributed by atoms with van der Waals surface area (Å²) in [4.78, 5) is 12.8. The lowest BCUT2D eigenvalue weighted by atomic mass is 9.99. The molecule has 0 aliphatic heterocycles. The van der Waals surface area contributed by atoms with Crippen molar-refractivity contribution in [2.24, 2.45) is 0 Å². The molecule has 0 bridgehead atoms. The van der Waals surface area contributed by atoms with Gasteiger partial charge in [0.15, 0.2) is 5.78 Å². The van der Waals surface area contributed by atoms with Crippen LogP contribution in [-0.2, 0) is 0 Å². The van der Waals surface area contributed by atoms with Crippen LogP contribution in [0.3, 0.4) is 0 Å². The fraction of sp³-hybridized carbons (Fsp3) is 0.267. The van der Waals surface area contributed by atoms with Gasteiger partial charge in [0, 0.05) is 16.9 Å². The van der Waals surface area contributed by atoms with Gasteiger partial charge < -0.3 is 0 Å². The molecule has 1 aromatic carbocycles. The second kappa shape index (κ2) is 4.92. The van der Waals surface area contributed by atoms with Crippen LogP contribution in [0.15, 0.2) is 29.7 Å². The molecule has 0 fully saturated rings. The number of thiol groups is 1. The van der Waals surface area contributed by atoms with Crippen LogP contribution >= 0.6 is 12.6 Å². The highest BCUT2D eigenvalue weighted by atomic mass is 32.1. The number of hydrogen-bond acceptors (Lipinski definition) is 2. The third kappa shape index (κ3) is 2.37. The maximum absolute atomic E-state index is 12.0. The lowest BCUT2D eigenvalue weighted by Crippen LogP contribution is -2.01. The number of fused-ring (bicyclic) bond motifs is 1. The largest absolute Gasteiger partial charge is 0.294 e. The zero-order valence-corrected chi connectivity index (χ0v) is 10.9. The highest BCUT2D eigenvalue weighted by Gasteiger charge is 2.16. The predicted molar refractivity (Wildman–Crippen MR) is 75.6 cm³/mol. The lowest BCUT2D eigenvalue weighted by molar-refractivity contribution is 0.0977. The zero-order valence-electron chi connectivity index (χ0n) is 9.99. The van der Waals surface area contributed by atoms with Gasteiger partial charge >= 0.3 is 0 Å².